The Morgan fingerprint density at radius 2 is 1.58 bits per heavy atom. The van der Waals surface area contributed by atoms with Crippen molar-refractivity contribution in [2.45, 2.75) is 13.0 Å². The summed E-state index contributed by atoms with van der Waals surface area (Å²) in [7, 11) is 6.82. The highest BCUT2D eigenvalue weighted by molar-refractivity contribution is 6.52. The maximum atomic E-state index is 13.4. The third-order valence-corrected chi connectivity index (χ3v) is 6.49. The third-order valence-electron chi connectivity index (χ3n) is 6.19. The maximum Gasteiger partial charge on any atom is 0.300 e. The van der Waals surface area contributed by atoms with E-state index in [1.54, 1.807) is 30.3 Å². The van der Waals surface area contributed by atoms with Crippen LogP contribution in [0.3, 0.4) is 0 Å². The van der Waals surface area contributed by atoms with Crippen molar-refractivity contribution < 1.29 is 24.2 Å². The number of aryl methyl sites for hydroxylation is 1. The zero-order valence-corrected chi connectivity index (χ0v) is 21.5. The molecule has 3 aromatic rings. The second-order valence-corrected chi connectivity index (χ2v) is 9.08. The summed E-state index contributed by atoms with van der Waals surface area (Å²) >= 11 is 6.36. The Bertz CT molecular complexity index is 1360. The number of carbonyl (C=O) groups excluding carboxylic acids is 2. The molecule has 1 aliphatic rings. The van der Waals surface area contributed by atoms with Gasteiger partial charge in [0.2, 0.25) is 0 Å². The molecule has 0 saturated carbocycles. The number of hydrogen-bond donors (Lipinski definition) is 1. The Kier molecular flexibility index (Phi) is 6.95. The van der Waals surface area contributed by atoms with E-state index in [-0.39, 0.29) is 11.3 Å². The molecule has 0 radical (unpaired) electrons. The Hall–Kier alpha value is -3.97. The lowest BCUT2D eigenvalue weighted by molar-refractivity contribution is -0.132. The first kappa shape index (κ1) is 25.1. The minimum absolute atomic E-state index is 0.0338. The fraction of sp³-hybridized carbons (Fsp3) is 0.214. The zero-order valence-electron chi connectivity index (χ0n) is 20.7. The first-order valence-electron chi connectivity index (χ1n) is 11.2. The van der Waals surface area contributed by atoms with Crippen molar-refractivity contribution in [1.29, 1.82) is 0 Å². The number of benzene rings is 3. The molecular weight excluding hydrogens is 480 g/mol. The van der Waals surface area contributed by atoms with E-state index in [1.165, 1.54) is 19.1 Å². The molecule has 0 spiro atoms. The van der Waals surface area contributed by atoms with Crippen LogP contribution in [0, 0.1) is 6.92 Å². The molecule has 4 rings (SSSR count). The van der Waals surface area contributed by atoms with E-state index in [0.29, 0.717) is 33.3 Å². The van der Waals surface area contributed by atoms with Crippen molar-refractivity contribution in [1.82, 2.24) is 0 Å². The predicted octanol–water partition coefficient (Wildman–Crippen LogP) is 5.36. The molecular formula is C28H27ClN2O5. The smallest absolute Gasteiger partial charge is 0.300 e. The van der Waals surface area contributed by atoms with Crippen LogP contribution in [0.5, 0.6) is 11.5 Å². The Morgan fingerprint density at radius 1 is 0.944 bits per heavy atom. The SMILES string of the molecule is COc1ccc(N2C(=O)C(=O)/C(=C(/O)c3cc(C)ccc3OC)C2c2ccc(N(C)C)cc2)cc1Cl. The summed E-state index contributed by atoms with van der Waals surface area (Å²) < 4.78 is 10.7. The number of rotatable bonds is 6. The monoisotopic (exact) mass is 506 g/mol. The average molecular weight is 507 g/mol. The highest BCUT2D eigenvalue weighted by Crippen LogP contribution is 2.44. The van der Waals surface area contributed by atoms with Crippen LogP contribution in [-0.4, -0.2) is 45.1 Å². The van der Waals surface area contributed by atoms with E-state index in [1.807, 2.05) is 56.3 Å². The highest BCUT2D eigenvalue weighted by atomic mass is 35.5. The lowest BCUT2D eigenvalue weighted by Crippen LogP contribution is -2.29. The fourth-order valence-electron chi connectivity index (χ4n) is 4.33. The summed E-state index contributed by atoms with van der Waals surface area (Å²) in [6.45, 7) is 1.87. The number of Topliss-reactive ketones (excluding diaryl/α,β-unsaturated/α-hetero) is 1. The first-order valence-corrected chi connectivity index (χ1v) is 11.6. The lowest BCUT2D eigenvalue weighted by Gasteiger charge is -2.26. The number of halogens is 1. The van der Waals surface area contributed by atoms with Gasteiger partial charge in [-0.2, -0.15) is 0 Å². The van der Waals surface area contributed by atoms with Crippen molar-refractivity contribution in [3.05, 3.63) is 87.9 Å². The number of amides is 1. The Labute approximate surface area is 215 Å². The minimum Gasteiger partial charge on any atom is -0.507 e. The molecule has 1 N–H and O–H groups in total. The third kappa shape index (κ3) is 4.38. The largest absolute Gasteiger partial charge is 0.507 e. The zero-order chi connectivity index (χ0) is 26.1. The molecule has 1 amide bonds. The van der Waals surface area contributed by atoms with Gasteiger partial charge in [-0.05, 0) is 55.0 Å². The van der Waals surface area contributed by atoms with Crippen LogP contribution < -0.4 is 19.3 Å². The summed E-state index contributed by atoms with van der Waals surface area (Å²) in [5.74, 6) is -1.06. The molecule has 186 valence electrons. The number of aliphatic hydroxyl groups excluding tert-OH is 1. The van der Waals surface area contributed by atoms with Crippen molar-refractivity contribution >= 4 is 40.4 Å². The Balaban J connectivity index is 1.97. The normalized spacial score (nSPS) is 16.8. The van der Waals surface area contributed by atoms with E-state index in [0.717, 1.165) is 11.3 Å². The number of ether oxygens (including phenoxy) is 2. The van der Waals surface area contributed by atoms with Crippen LogP contribution in [0.25, 0.3) is 5.76 Å². The van der Waals surface area contributed by atoms with Crippen LogP contribution in [-0.2, 0) is 9.59 Å². The van der Waals surface area contributed by atoms with Gasteiger partial charge in [0.15, 0.2) is 0 Å². The molecule has 1 heterocycles. The van der Waals surface area contributed by atoms with E-state index >= 15 is 0 Å². The number of methoxy groups -OCH3 is 2. The van der Waals surface area contributed by atoms with Crippen LogP contribution in [0.15, 0.2) is 66.2 Å². The average Bonchev–Trinajstić information content (AvgIpc) is 3.13. The number of aliphatic hydroxyl groups is 1. The maximum absolute atomic E-state index is 13.4. The van der Waals surface area contributed by atoms with Crippen LogP contribution >= 0.6 is 11.6 Å². The molecule has 0 aliphatic carbocycles. The quantitative estimate of drug-likeness (QED) is 0.275. The second-order valence-electron chi connectivity index (χ2n) is 8.68. The number of carbonyl (C=O) groups is 2. The molecule has 7 nitrogen and oxygen atoms in total. The minimum atomic E-state index is -0.893. The summed E-state index contributed by atoms with van der Waals surface area (Å²) in [5, 5.41) is 11.8. The molecule has 1 atom stereocenters. The number of hydrogen-bond acceptors (Lipinski definition) is 6. The summed E-state index contributed by atoms with van der Waals surface area (Å²) in [4.78, 5) is 30.2. The molecule has 8 heteroatoms. The molecule has 3 aromatic carbocycles. The van der Waals surface area contributed by atoms with Gasteiger partial charge in [0.1, 0.15) is 17.3 Å². The van der Waals surface area contributed by atoms with Gasteiger partial charge in [-0.3, -0.25) is 14.5 Å². The number of anilines is 2. The molecule has 1 saturated heterocycles. The van der Waals surface area contributed by atoms with E-state index < -0.39 is 17.7 Å². The van der Waals surface area contributed by atoms with Crippen molar-refractivity contribution in [2.24, 2.45) is 0 Å². The summed E-state index contributed by atoms with van der Waals surface area (Å²) in [6.07, 6.45) is 0. The van der Waals surface area contributed by atoms with Gasteiger partial charge < -0.3 is 19.5 Å². The summed E-state index contributed by atoms with van der Waals surface area (Å²) in [6, 6.07) is 16.7. The second kappa shape index (κ2) is 9.95. The topological polar surface area (TPSA) is 79.3 Å². The van der Waals surface area contributed by atoms with E-state index in [4.69, 9.17) is 21.1 Å². The summed E-state index contributed by atoms with van der Waals surface area (Å²) in [5.41, 5.74) is 3.16. The van der Waals surface area contributed by atoms with Gasteiger partial charge in [-0.15, -0.1) is 0 Å². The molecule has 36 heavy (non-hydrogen) atoms. The standard InChI is InChI=1S/C28H27ClN2O5/c1-16-6-12-22(35-4)20(14-16)26(32)24-25(17-7-9-18(10-8-17)30(2)3)31(28(34)27(24)33)19-11-13-23(36-5)21(29)15-19/h6-15,25,32H,1-5H3/b26-24+. The molecule has 1 fully saturated rings. The first-order chi connectivity index (χ1) is 17.2. The van der Waals surface area contributed by atoms with Gasteiger partial charge in [0.25, 0.3) is 11.7 Å². The van der Waals surface area contributed by atoms with Gasteiger partial charge in [0.05, 0.1) is 36.4 Å². The van der Waals surface area contributed by atoms with Crippen molar-refractivity contribution in [2.75, 3.05) is 38.1 Å². The number of nitrogens with zero attached hydrogens (tertiary/aromatic N) is 2. The van der Waals surface area contributed by atoms with Crippen molar-refractivity contribution in [3.63, 3.8) is 0 Å². The predicted molar refractivity (Wildman–Crippen MR) is 141 cm³/mol. The lowest BCUT2D eigenvalue weighted by atomic mass is 9.94. The van der Waals surface area contributed by atoms with Gasteiger partial charge in [0, 0.05) is 25.5 Å². The van der Waals surface area contributed by atoms with Gasteiger partial charge in [-0.1, -0.05) is 35.4 Å². The van der Waals surface area contributed by atoms with Crippen LogP contribution in [0.4, 0.5) is 11.4 Å². The van der Waals surface area contributed by atoms with Gasteiger partial charge in [-0.25, -0.2) is 0 Å². The fourth-order valence-corrected chi connectivity index (χ4v) is 4.58. The van der Waals surface area contributed by atoms with Crippen LogP contribution in [0.1, 0.15) is 22.7 Å². The molecule has 1 aliphatic heterocycles. The van der Waals surface area contributed by atoms with E-state index in [9.17, 15) is 14.7 Å². The molecule has 0 aromatic heterocycles. The van der Waals surface area contributed by atoms with Crippen LogP contribution in [0.2, 0.25) is 5.02 Å². The van der Waals surface area contributed by atoms with Gasteiger partial charge >= 0.3 is 0 Å². The number of ketones is 1. The van der Waals surface area contributed by atoms with E-state index in [2.05, 4.69) is 0 Å². The van der Waals surface area contributed by atoms with Crippen molar-refractivity contribution in [3.8, 4) is 11.5 Å². The Morgan fingerprint density at radius 3 is 2.17 bits per heavy atom. The molecule has 1 unspecified atom stereocenters. The molecule has 0 bridgehead atoms. The highest BCUT2D eigenvalue weighted by Gasteiger charge is 2.47.